The summed E-state index contributed by atoms with van der Waals surface area (Å²) in [6.07, 6.45) is 0. The van der Waals surface area contributed by atoms with Crippen molar-refractivity contribution in [3.63, 3.8) is 0 Å². The van der Waals surface area contributed by atoms with E-state index in [1.54, 1.807) is 24.3 Å². The van der Waals surface area contributed by atoms with E-state index in [1.165, 1.54) is 5.56 Å². The van der Waals surface area contributed by atoms with E-state index in [0.717, 1.165) is 23.2 Å². The van der Waals surface area contributed by atoms with Gasteiger partial charge >= 0.3 is 6.03 Å². The molecule has 6 nitrogen and oxygen atoms in total. The van der Waals surface area contributed by atoms with Crippen LogP contribution < -0.4 is 16.2 Å². The lowest BCUT2D eigenvalue weighted by Gasteiger charge is -2.13. The molecule has 0 saturated carbocycles. The van der Waals surface area contributed by atoms with Crippen LogP contribution in [0.25, 0.3) is 11.1 Å². The summed E-state index contributed by atoms with van der Waals surface area (Å²) in [6, 6.07) is 24.6. The van der Waals surface area contributed by atoms with Gasteiger partial charge in [-0.05, 0) is 48.5 Å². The Kier molecular flexibility index (Phi) is 7.19. The molecule has 3 aromatic carbocycles. The number of hydrazine groups is 1. The summed E-state index contributed by atoms with van der Waals surface area (Å²) in [5, 5.41) is 2.78. The molecule has 0 saturated heterocycles. The summed E-state index contributed by atoms with van der Waals surface area (Å²) in [5.74, 6) is -0.371. The van der Waals surface area contributed by atoms with Crippen molar-refractivity contribution in [3.05, 3.63) is 95.6 Å². The zero-order valence-corrected chi connectivity index (χ0v) is 17.2. The van der Waals surface area contributed by atoms with Gasteiger partial charge in [0.2, 0.25) is 0 Å². The minimum Gasteiger partial charge on any atom is -0.333 e. The van der Waals surface area contributed by atoms with E-state index in [9.17, 15) is 9.59 Å². The molecule has 0 aliphatic rings. The summed E-state index contributed by atoms with van der Waals surface area (Å²) in [5.41, 5.74) is 9.63. The van der Waals surface area contributed by atoms with E-state index in [0.29, 0.717) is 12.1 Å². The molecule has 30 heavy (non-hydrogen) atoms. The fourth-order valence-electron chi connectivity index (χ4n) is 3.11. The van der Waals surface area contributed by atoms with Gasteiger partial charge in [0.15, 0.2) is 0 Å². The van der Waals surface area contributed by atoms with Crippen molar-refractivity contribution in [2.75, 3.05) is 14.1 Å². The second-order valence-corrected chi connectivity index (χ2v) is 7.22. The lowest BCUT2D eigenvalue weighted by molar-refractivity contribution is 0.0936. The van der Waals surface area contributed by atoms with E-state index in [1.807, 2.05) is 44.4 Å². The van der Waals surface area contributed by atoms with Crippen molar-refractivity contribution in [3.8, 4) is 11.1 Å². The van der Waals surface area contributed by atoms with Gasteiger partial charge in [0.1, 0.15) is 0 Å². The Hall–Kier alpha value is -3.64. The Morgan fingerprint density at radius 2 is 1.47 bits per heavy atom. The van der Waals surface area contributed by atoms with Gasteiger partial charge in [-0.1, -0.05) is 66.7 Å². The molecule has 0 aliphatic carbocycles. The molecule has 6 heteroatoms. The van der Waals surface area contributed by atoms with Crippen LogP contribution in [0.1, 0.15) is 21.5 Å². The van der Waals surface area contributed by atoms with Crippen LogP contribution in [0.15, 0.2) is 78.9 Å². The average molecular weight is 402 g/mol. The molecule has 0 heterocycles. The number of urea groups is 1. The quantitative estimate of drug-likeness (QED) is 0.552. The largest absolute Gasteiger partial charge is 0.333 e. The molecular weight excluding hydrogens is 376 g/mol. The summed E-state index contributed by atoms with van der Waals surface area (Å²) in [4.78, 5) is 26.2. The predicted octanol–water partition coefficient (Wildman–Crippen LogP) is 3.56. The molecule has 3 aromatic rings. The Bertz CT molecular complexity index is 986. The van der Waals surface area contributed by atoms with Crippen molar-refractivity contribution in [2.24, 2.45) is 0 Å². The van der Waals surface area contributed by atoms with Crippen LogP contribution in [0.5, 0.6) is 0 Å². The molecule has 0 bridgehead atoms. The molecule has 0 aliphatic heterocycles. The van der Waals surface area contributed by atoms with Gasteiger partial charge in [-0.3, -0.25) is 10.2 Å². The van der Waals surface area contributed by atoms with Crippen molar-refractivity contribution in [1.29, 1.82) is 0 Å². The fraction of sp³-hybridized carbons (Fsp3) is 0.167. The molecule has 3 rings (SSSR count). The summed E-state index contributed by atoms with van der Waals surface area (Å²) >= 11 is 0. The maximum absolute atomic E-state index is 12.1. The van der Waals surface area contributed by atoms with E-state index in [-0.39, 0.29) is 5.91 Å². The van der Waals surface area contributed by atoms with E-state index in [4.69, 9.17) is 0 Å². The molecule has 0 fully saturated rings. The minimum absolute atomic E-state index is 0.336. The number of amides is 3. The first-order chi connectivity index (χ1) is 14.5. The van der Waals surface area contributed by atoms with Gasteiger partial charge in [-0.2, -0.15) is 0 Å². The van der Waals surface area contributed by atoms with Crippen molar-refractivity contribution in [2.45, 2.75) is 13.1 Å². The lowest BCUT2D eigenvalue weighted by atomic mass is 9.98. The van der Waals surface area contributed by atoms with Gasteiger partial charge in [0.05, 0.1) is 0 Å². The smallest absolute Gasteiger partial charge is 0.333 e. The van der Waals surface area contributed by atoms with Gasteiger partial charge in [0, 0.05) is 18.7 Å². The second-order valence-electron chi connectivity index (χ2n) is 7.22. The lowest BCUT2D eigenvalue weighted by Crippen LogP contribution is -2.46. The molecule has 0 unspecified atom stereocenters. The second kappa shape index (κ2) is 10.2. The maximum atomic E-state index is 12.1. The van der Waals surface area contributed by atoms with Crippen LogP contribution in [-0.2, 0) is 13.1 Å². The molecule has 0 radical (unpaired) electrons. The topological polar surface area (TPSA) is 73.5 Å². The molecule has 3 amide bonds. The van der Waals surface area contributed by atoms with Crippen LogP contribution in [0.2, 0.25) is 0 Å². The molecule has 3 N–H and O–H groups in total. The van der Waals surface area contributed by atoms with Gasteiger partial charge in [0.25, 0.3) is 5.91 Å². The number of carbonyl (C=O) groups excluding carboxylic acids is 2. The number of hydrogen-bond acceptors (Lipinski definition) is 3. The number of benzene rings is 3. The van der Waals surface area contributed by atoms with Gasteiger partial charge in [-0.25, -0.2) is 10.2 Å². The monoisotopic (exact) mass is 402 g/mol. The summed E-state index contributed by atoms with van der Waals surface area (Å²) in [6.45, 7) is 1.22. The molecule has 0 aromatic heterocycles. The Morgan fingerprint density at radius 1 is 0.800 bits per heavy atom. The van der Waals surface area contributed by atoms with Crippen molar-refractivity contribution >= 4 is 11.9 Å². The number of carbonyl (C=O) groups is 2. The van der Waals surface area contributed by atoms with Crippen LogP contribution in [0, 0.1) is 0 Å². The van der Waals surface area contributed by atoms with Crippen LogP contribution >= 0.6 is 0 Å². The highest BCUT2D eigenvalue weighted by molar-refractivity contribution is 5.95. The molecular formula is C24H26N4O2. The van der Waals surface area contributed by atoms with Gasteiger partial charge < -0.3 is 10.2 Å². The third-order valence-corrected chi connectivity index (χ3v) is 4.55. The third-order valence-electron chi connectivity index (χ3n) is 4.55. The molecule has 0 spiro atoms. The molecule has 0 atom stereocenters. The van der Waals surface area contributed by atoms with Crippen LogP contribution in [0.4, 0.5) is 4.79 Å². The van der Waals surface area contributed by atoms with E-state index < -0.39 is 6.03 Å². The first-order valence-electron chi connectivity index (χ1n) is 9.74. The van der Waals surface area contributed by atoms with E-state index >= 15 is 0 Å². The highest BCUT2D eigenvalue weighted by atomic mass is 16.2. The number of rotatable bonds is 6. The first kappa shape index (κ1) is 21.1. The highest BCUT2D eigenvalue weighted by Gasteiger charge is 2.09. The van der Waals surface area contributed by atoms with Crippen LogP contribution in [-0.4, -0.2) is 30.9 Å². The summed E-state index contributed by atoms with van der Waals surface area (Å²) in [7, 11) is 4.09. The minimum atomic E-state index is -0.476. The van der Waals surface area contributed by atoms with E-state index in [2.05, 4.69) is 45.3 Å². The Balaban J connectivity index is 1.58. The number of nitrogens with zero attached hydrogens (tertiary/aromatic N) is 1. The first-order valence-corrected chi connectivity index (χ1v) is 9.74. The zero-order chi connectivity index (χ0) is 21.3. The maximum Gasteiger partial charge on any atom is 0.333 e. The number of nitrogens with one attached hydrogen (secondary N) is 3. The van der Waals surface area contributed by atoms with Crippen molar-refractivity contribution in [1.82, 2.24) is 21.1 Å². The fourth-order valence-corrected chi connectivity index (χ4v) is 3.11. The van der Waals surface area contributed by atoms with Crippen molar-refractivity contribution < 1.29 is 9.59 Å². The number of hydrogen-bond donors (Lipinski definition) is 3. The SMILES string of the molecule is CN(C)Cc1ccc(-c2ccccc2CNC(=O)NNC(=O)c2ccccc2)cc1. The predicted molar refractivity (Wildman–Crippen MR) is 119 cm³/mol. The third kappa shape index (κ3) is 5.93. The summed E-state index contributed by atoms with van der Waals surface area (Å²) < 4.78 is 0. The average Bonchev–Trinajstić information content (AvgIpc) is 2.77. The van der Waals surface area contributed by atoms with Crippen LogP contribution in [0.3, 0.4) is 0 Å². The standard InChI is InChI=1S/C24H26N4O2/c1-28(2)17-18-12-14-19(15-13-18)22-11-7-6-10-21(22)16-25-24(30)27-26-23(29)20-8-4-3-5-9-20/h3-15H,16-17H2,1-2H3,(H,26,29)(H2,25,27,30). The Morgan fingerprint density at radius 3 is 2.17 bits per heavy atom. The normalized spacial score (nSPS) is 10.5. The molecule has 154 valence electrons. The van der Waals surface area contributed by atoms with Gasteiger partial charge in [-0.15, -0.1) is 0 Å². The highest BCUT2D eigenvalue weighted by Crippen LogP contribution is 2.24. The zero-order valence-electron chi connectivity index (χ0n) is 17.2. The Labute approximate surface area is 176 Å².